The second-order valence-corrected chi connectivity index (χ2v) is 9.21. The molecule has 8 heteroatoms. The number of carbonyl (C=O) groups excluding carboxylic acids is 4. The van der Waals surface area contributed by atoms with E-state index in [1.807, 2.05) is 12.1 Å². The van der Waals surface area contributed by atoms with E-state index >= 15 is 0 Å². The molecule has 182 valence electrons. The number of carbonyl (C=O) groups is 4. The summed E-state index contributed by atoms with van der Waals surface area (Å²) in [6, 6.07) is 20.2. The van der Waals surface area contributed by atoms with Crippen molar-refractivity contribution in [2.75, 3.05) is 18.1 Å². The van der Waals surface area contributed by atoms with Gasteiger partial charge < -0.3 is 4.74 Å². The van der Waals surface area contributed by atoms with Crippen LogP contribution in [-0.4, -0.2) is 47.7 Å². The van der Waals surface area contributed by atoms with Crippen LogP contribution in [0.1, 0.15) is 38.3 Å². The van der Waals surface area contributed by atoms with Gasteiger partial charge in [-0.15, -0.1) is 0 Å². The predicted octanol–water partition coefficient (Wildman–Crippen LogP) is 4.07. The van der Waals surface area contributed by atoms with Gasteiger partial charge in [0.1, 0.15) is 0 Å². The third-order valence-electron chi connectivity index (χ3n) is 6.59. The van der Waals surface area contributed by atoms with E-state index in [4.69, 9.17) is 16.3 Å². The number of nitrogens with zero attached hydrogens (tertiary/aromatic N) is 2. The molecular weight excluding hydrogens is 480 g/mol. The first kappa shape index (κ1) is 23.9. The van der Waals surface area contributed by atoms with E-state index in [1.165, 1.54) is 40.3 Å². The Hall–Kier alpha value is -3.81. The molecule has 3 aromatic carbocycles. The molecule has 0 saturated carbocycles. The minimum Gasteiger partial charge on any atom is -0.454 e. The number of ketones is 1. The van der Waals surface area contributed by atoms with Crippen molar-refractivity contribution < 1.29 is 23.9 Å². The lowest BCUT2D eigenvalue weighted by Crippen LogP contribution is -2.44. The van der Waals surface area contributed by atoms with Gasteiger partial charge in [0.05, 0.1) is 28.7 Å². The molecule has 5 rings (SSSR count). The number of rotatable bonds is 6. The molecule has 2 aliphatic heterocycles. The van der Waals surface area contributed by atoms with Crippen LogP contribution in [0.2, 0.25) is 5.02 Å². The Morgan fingerprint density at radius 1 is 0.917 bits per heavy atom. The van der Waals surface area contributed by atoms with Gasteiger partial charge in [-0.25, -0.2) is 9.69 Å². The van der Waals surface area contributed by atoms with Gasteiger partial charge in [0.15, 0.2) is 6.61 Å². The lowest BCUT2D eigenvalue weighted by Gasteiger charge is -2.32. The van der Waals surface area contributed by atoms with Crippen LogP contribution >= 0.6 is 11.6 Å². The van der Waals surface area contributed by atoms with Crippen molar-refractivity contribution in [1.29, 1.82) is 0 Å². The summed E-state index contributed by atoms with van der Waals surface area (Å²) in [5.41, 5.74) is 3.33. The molecule has 7 nitrogen and oxygen atoms in total. The molecule has 0 bridgehead atoms. The predicted molar refractivity (Wildman–Crippen MR) is 134 cm³/mol. The first-order chi connectivity index (χ1) is 17.4. The number of amides is 2. The topological polar surface area (TPSA) is 84.0 Å². The molecule has 0 N–H and O–H groups in total. The van der Waals surface area contributed by atoms with Crippen molar-refractivity contribution >= 4 is 40.9 Å². The SMILES string of the molecule is O=C(OCC(=O)c1ccccc1Cl)c1ccc(N2C(=O)CC(N3CCc4ccccc4C3)C2=O)cc1. The van der Waals surface area contributed by atoms with Crippen LogP contribution < -0.4 is 4.90 Å². The largest absolute Gasteiger partial charge is 0.454 e. The van der Waals surface area contributed by atoms with Gasteiger partial charge in [0.2, 0.25) is 11.7 Å². The monoisotopic (exact) mass is 502 g/mol. The fourth-order valence-electron chi connectivity index (χ4n) is 4.68. The minimum atomic E-state index is -0.689. The molecule has 2 amide bonds. The Morgan fingerprint density at radius 2 is 1.61 bits per heavy atom. The second kappa shape index (κ2) is 10.0. The van der Waals surface area contributed by atoms with Gasteiger partial charge in [-0.2, -0.15) is 0 Å². The number of anilines is 1. The third kappa shape index (κ3) is 4.67. The van der Waals surface area contributed by atoms with Crippen LogP contribution in [0.3, 0.4) is 0 Å². The molecule has 36 heavy (non-hydrogen) atoms. The Labute approximate surface area is 213 Å². The summed E-state index contributed by atoms with van der Waals surface area (Å²) in [5, 5.41) is 0.287. The van der Waals surface area contributed by atoms with E-state index in [1.54, 1.807) is 24.3 Å². The molecule has 0 aliphatic carbocycles. The van der Waals surface area contributed by atoms with E-state index in [-0.39, 0.29) is 34.4 Å². The number of esters is 1. The number of Topliss-reactive ketones (excluding diaryl/α,β-unsaturated/α-hetero) is 1. The number of halogens is 1. The van der Waals surface area contributed by atoms with E-state index < -0.39 is 24.4 Å². The summed E-state index contributed by atoms with van der Waals surface area (Å²) >= 11 is 6.01. The number of hydrogen-bond acceptors (Lipinski definition) is 6. The lowest BCUT2D eigenvalue weighted by atomic mass is 9.98. The highest BCUT2D eigenvalue weighted by Gasteiger charge is 2.43. The van der Waals surface area contributed by atoms with Crippen molar-refractivity contribution in [3.05, 3.63) is 100 Å². The van der Waals surface area contributed by atoms with Crippen molar-refractivity contribution in [3.63, 3.8) is 0 Å². The standard InChI is InChI=1S/C28H23ClN2O5/c29-23-8-4-3-7-22(23)25(32)17-36-28(35)19-9-11-21(12-10-19)31-26(33)15-24(27(31)34)30-14-13-18-5-1-2-6-20(18)16-30/h1-12,24H,13-17H2. The summed E-state index contributed by atoms with van der Waals surface area (Å²) in [6.07, 6.45) is 0.957. The van der Waals surface area contributed by atoms with Crippen LogP contribution in [0, 0.1) is 0 Å². The molecule has 1 unspecified atom stereocenters. The molecule has 1 fully saturated rings. The molecule has 1 saturated heterocycles. The Balaban J connectivity index is 1.23. The molecule has 3 aromatic rings. The van der Waals surface area contributed by atoms with E-state index in [9.17, 15) is 19.2 Å². The van der Waals surface area contributed by atoms with Crippen molar-refractivity contribution in [2.24, 2.45) is 0 Å². The Bertz CT molecular complexity index is 1350. The van der Waals surface area contributed by atoms with E-state index in [2.05, 4.69) is 17.0 Å². The highest BCUT2D eigenvalue weighted by Crippen LogP contribution is 2.29. The van der Waals surface area contributed by atoms with Gasteiger partial charge in [-0.1, -0.05) is 48.0 Å². The Kier molecular flexibility index (Phi) is 6.67. The molecule has 0 spiro atoms. The molecule has 0 aromatic heterocycles. The van der Waals surface area contributed by atoms with Gasteiger partial charge in [0.25, 0.3) is 5.91 Å². The average molecular weight is 503 g/mol. The van der Waals surface area contributed by atoms with Crippen molar-refractivity contribution in [3.8, 4) is 0 Å². The smallest absolute Gasteiger partial charge is 0.338 e. The van der Waals surface area contributed by atoms with Crippen molar-refractivity contribution in [1.82, 2.24) is 4.90 Å². The summed E-state index contributed by atoms with van der Waals surface area (Å²) in [7, 11) is 0. The van der Waals surface area contributed by atoms with Crippen LogP contribution in [-0.2, 0) is 27.3 Å². The van der Waals surface area contributed by atoms with Crippen molar-refractivity contribution in [2.45, 2.75) is 25.4 Å². The summed E-state index contributed by atoms with van der Waals surface area (Å²) in [5.74, 6) is -1.64. The molecule has 0 radical (unpaired) electrons. The summed E-state index contributed by atoms with van der Waals surface area (Å²) in [6.45, 7) is 0.895. The first-order valence-electron chi connectivity index (χ1n) is 11.6. The van der Waals surface area contributed by atoms with Crippen LogP contribution in [0.5, 0.6) is 0 Å². The van der Waals surface area contributed by atoms with Crippen LogP contribution in [0.15, 0.2) is 72.8 Å². The number of benzene rings is 3. The van der Waals surface area contributed by atoms with Gasteiger partial charge >= 0.3 is 5.97 Å². The van der Waals surface area contributed by atoms with E-state index in [0.29, 0.717) is 18.8 Å². The number of fused-ring (bicyclic) bond motifs is 1. The molecule has 2 aliphatic rings. The van der Waals surface area contributed by atoms with Gasteiger partial charge in [-0.3, -0.25) is 19.3 Å². The van der Waals surface area contributed by atoms with Crippen LogP contribution in [0.4, 0.5) is 5.69 Å². The summed E-state index contributed by atoms with van der Waals surface area (Å²) < 4.78 is 5.13. The maximum atomic E-state index is 13.2. The third-order valence-corrected chi connectivity index (χ3v) is 6.92. The van der Waals surface area contributed by atoms with Gasteiger partial charge in [0, 0.05) is 18.7 Å². The van der Waals surface area contributed by atoms with Gasteiger partial charge in [-0.05, 0) is 53.9 Å². The maximum absolute atomic E-state index is 13.2. The fraction of sp³-hybridized carbons (Fsp3) is 0.214. The second-order valence-electron chi connectivity index (χ2n) is 8.80. The fourth-order valence-corrected chi connectivity index (χ4v) is 4.92. The average Bonchev–Trinajstić information content (AvgIpc) is 3.20. The zero-order valence-corrected chi connectivity index (χ0v) is 20.1. The highest BCUT2D eigenvalue weighted by molar-refractivity contribution is 6.34. The Morgan fingerprint density at radius 3 is 2.36 bits per heavy atom. The van der Waals surface area contributed by atoms with E-state index in [0.717, 1.165) is 6.42 Å². The molecule has 2 heterocycles. The zero-order chi connectivity index (χ0) is 25.2. The normalized spacial score (nSPS) is 17.7. The number of hydrogen-bond donors (Lipinski definition) is 0. The summed E-state index contributed by atoms with van der Waals surface area (Å²) in [4.78, 5) is 53.9. The number of imide groups is 1. The number of ether oxygens (including phenoxy) is 1. The first-order valence-corrected chi connectivity index (χ1v) is 12.0. The minimum absolute atomic E-state index is 0.120. The maximum Gasteiger partial charge on any atom is 0.338 e. The molecule has 1 atom stereocenters. The lowest BCUT2D eigenvalue weighted by molar-refractivity contribution is -0.123. The zero-order valence-electron chi connectivity index (χ0n) is 19.4. The van der Waals surface area contributed by atoms with Crippen LogP contribution in [0.25, 0.3) is 0 Å². The molecular formula is C28H23ClN2O5. The quantitative estimate of drug-likeness (QED) is 0.287. The highest BCUT2D eigenvalue weighted by atomic mass is 35.5.